The van der Waals surface area contributed by atoms with E-state index in [1.807, 2.05) is 60.7 Å². The maximum Gasteiger partial charge on any atom is 0.534 e. The van der Waals surface area contributed by atoms with E-state index in [1.54, 1.807) is 30.3 Å². The highest BCUT2D eigenvalue weighted by molar-refractivity contribution is 7.88. The first-order chi connectivity index (χ1) is 18.2. The minimum atomic E-state index is -6.13. The van der Waals surface area contributed by atoms with Gasteiger partial charge in [-0.3, -0.25) is 9.59 Å². The Balaban J connectivity index is 2.09. The van der Waals surface area contributed by atoms with Crippen LogP contribution < -0.4 is 4.18 Å². The highest BCUT2D eigenvalue weighted by Crippen LogP contribution is 2.39. The number of alkyl halides is 3. The highest BCUT2D eigenvalue weighted by atomic mass is 32.2. The summed E-state index contributed by atoms with van der Waals surface area (Å²) in [5, 5.41) is 0. The van der Waals surface area contributed by atoms with Crippen molar-refractivity contribution in [2.45, 2.75) is 5.51 Å². The molecule has 192 valence electrons. The van der Waals surface area contributed by atoms with E-state index in [2.05, 4.69) is 4.18 Å². The van der Waals surface area contributed by atoms with E-state index < -0.39 is 32.5 Å². The lowest BCUT2D eigenvalue weighted by atomic mass is 9.85. The third-order valence-corrected chi connectivity index (χ3v) is 6.56. The van der Waals surface area contributed by atoms with Crippen molar-refractivity contribution in [1.29, 1.82) is 0 Å². The Morgan fingerprint density at radius 1 is 0.605 bits per heavy atom. The molecule has 0 amide bonds. The van der Waals surface area contributed by atoms with Crippen LogP contribution in [0.1, 0.15) is 43.0 Å². The van der Waals surface area contributed by atoms with Crippen LogP contribution in [0.4, 0.5) is 13.2 Å². The van der Waals surface area contributed by atoms with Crippen LogP contribution in [0.25, 0.3) is 11.1 Å². The zero-order chi connectivity index (χ0) is 27.3. The predicted octanol–water partition coefficient (Wildman–Crippen LogP) is 6.55. The first-order valence-electron chi connectivity index (χ1n) is 11.2. The molecule has 0 unspecified atom stereocenters. The van der Waals surface area contributed by atoms with Crippen LogP contribution in [0.5, 0.6) is 5.75 Å². The molecule has 0 N–H and O–H groups in total. The molecule has 0 aliphatic heterocycles. The second-order valence-corrected chi connectivity index (χ2v) is 9.59. The fourth-order valence-electron chi connectivity index (χ4n) is 3.97. The van der Waals surface area contributed by atoms with Gasteiger partial charge < -0.3 is 4.18 Å². The number of carbonyl (C=O) groups excluding carboxylic acids is 2. The van der Waals surface area contributed by atoms with Gasteiger partial charge >= 0.3 is 15.6 Å². The molecule has 4 rings (SSSR count). The van der Waals surface area contributed by atoms with Crippen LogP contribution in [0.15, 0.2) is 103 Å². The summed E-state index contributed by atoms with van der Waals surface area (Å²) in [6.45, 7) is 0. The maximum absolute atomic E-state index is 13.0. The predicted molar refractivity (Wildman–Crippen MR) is 137 cm³/mol. The molecule has 0 aliphatic rings. The van der Waals surface area contributed by atoms with Gasteiger partial charge in [-0.2, -0.15) is 21.6 Å². The molecule has 0 aliphatic carbocycles. The Morgan fingerprint density at radius 3 is 1.26 bits per heavy atom. The minimum absolute atomic E-state index is 0.144. The summed E-state index contributed by atoms with van der Waals surface area (Å²) in [4.78, 5) is 23.9. The second kappa shape index (κ2) is 10.9. The molecule has 5 nitrogen and oxygen atoms in total. The van der Waals surface area contributed by atoms with Crippen molar-refractivity contribution in [1.82, 2.24) is 0 Å². The number of benzene rings is 4. The molecule has 0 heterocycles. The molecule has 0 saturated carbocycles. The number of aldehydes is 2. The lowest BCUT2D eigenvalue weighted by Crippen LogP contribution is -2.28. The fourth-order valence-corrected chi connectivity index (χ4v) is 4.48. The van der Waals surface area contributed by atoms with E-state index in [0.29, 0.717) is 22.3 Å². The first kappa shape index (κ1) is 26.6. The molecule has 0 saturated heterocycles. The number of rotatable bonds is 8. The summed E-state index contributed by atoms with van der Waals surface area (Å²) in [5.74, 6) is -0.996. The maximum atomic E-state index is 13.0. The van der Waals surface area contributed by atoms with Gasteiger partial charge in [-0.05, 0) is 45.5 Å². The summed E-state index contributed by atoms with van der Waals surface area (Å²) < 4.78 is 66.6. The topological polar surface area (TPSA) is 77.5 Å². The van der Waals surface area contributed by atoms with E-state index in [0.717, 1.165) is 11.1 Å². The summed E-state index contributed by atoms with van der Waals surface area (Å²) in [6.07, 6.45) is 0.288. The van der Waals surface area contributed by atoms with Crippen LogP contribution in [0.3, 0.4) is 0 Å². The molecule has 0 bridgehead atoms. The number of carbonyl (C=O) groups is 2. The van der Waals surface area contributed by atoms with Gasteiger partial charge in [0.25, 0.3) is 0 Å². The van der Waals surface area contributed by atoms with Gasteiger partial charge in [0.2, 0.25) is 0 Å². The Bertz CT molecular complexity index is 1530. The second-order valence-electron chi connectivity index (χ2n) is 8.05. The van der Waals surface area contributed by atoms with Gasteiger partial charge in [0, 0.05) is 0 Å². The van der Waals surface area contributed by atoms with E-state index >= 15 is 0 Å². The fraction of sp³-hybridized carbons (Fsp3) is 0.0345. The van der Waals surface area contributed by atoms with Crippen molar-refractivity contribution in [3.8, 4) is 5.75 Å². The lowest BCUT2D eigenvalue weighted by Gasteiger charge is -2.20. The molecule has 4 aromatic carbocycles. The Kier molecular flexibility index (Phi) is 7.59. The third kappa shape index (κ3) is 5.42. The van der Waals surface area contributed by atoms with Crippen LogP contribution in [-0.2, 0) is 10.1 Å². The largest absolute Gasteiger partial charge is 0.534 e. The van der Waals surface area contributed by atoms with Crippen molar-refractivity contribution >= 4 is 33.8 Å². The first-order valence-corrected chi connectivity index (χ1v) is 12.6. The van der Waals surface area contributed by atoms with E-state index in [1.165, 1.54) is 12.1 Å². The van der Waals surface area contributed by atoms with Gasteiger partial charge in [0.1, 0.15) is 0 Å². The van der Waals surface area contributed by atoms with Crippen LogP contribution in [0, 0.1) is 0 Å². The van der Waals surface area contributed by atoms with Crippen molar-refractivity contribution < 1.29 is 35.4 Å². The van der Waals surface area contributed by atoms with Gasteiger partial charge in [0.05, 0.1) is 11.1 Å². The minimum Gasteiger partial charge on any atom is -0.374 e. The molecule has 9 heteroatoms. The SMILES string of the molecule is O=Cc1cc(C(=C(c2ccccc2)c2ccccc2)c2ccccc2)cc(C=O)c1OS(=O)(=O)C(F)(F)F. The van der Waals surface area contributed by atoms with E-state index in [9.17, 15) is 31.2 Å². The Labute approximate surface area is 217 Å². The number of hydrogen-bond acceptors (Lipinski definition) is 5. The Morgan fingerprint density at radius 2 is 0.947 bits per heavy atom. The summed E-state index contributed by atoms with van der Waals surface area (Å²) in [7, 11) is -6.13. The van der Waals surface area contributed by atoms with E-state index in [-0.39, 0.29) is 12.6 Å². The normalized spacial score (nSPS) is 11.4. The summed E-state index contributed by atoms with van der Waals surface area (Å²) in [5.41, 5.74) is -3.01. The molecule has 38 heavy (non-hydrogen) atoms. The standard InChI is InChI=1S/C29H19F3O5S/c30-29(31,32)38(35,36)37-28-24(18-33)16-23(17-25(28)19-34)27(22-14-8-3-9-15-22)26(20-10-4-1-5-11-20)21-12-6-2-7-13-21/h1-19H. The van der Waals surface area contributed by atoms with E-state index in [4.69, 9.17) is 0 Å². The van der Waals surface area contributed by atoms with Crippen molar-refractivity contribution in [3.63, 3.8) is 0 Å². The zero-order valence-corrected chi connectivity index (χ0v) is 20.4. The monoisotopic (exact) mass is 536 g/mol. The average Bonchev–Trinajstić information content (AvgIpc) is 2.92. The van der Waals surface area contributed by atoms with Crippen molar-refractivity contribution in [2.24, 2.45) is 0 Å². The van der Waals surface area contributed by atoms with Crippen LogP contribution in [-0.4, -0.2) is 26.5 Å². The van der Waals surface area contributed by atoms with Gasteiger partial charge in [-0.15, -0.1) is 0 Å². The third-order valence-electron chi connectivity index (χ3n) is 5.60. The Hall–Kier alpha value is -4.50. The molecule has 0 radical (unpaired) electrons. The smallest absolute Gasteiger partial charge is 0.374 e. The van der Waals surface area contributed by atoms with Gasteiger partial charge in [0.15, 0.2) is 18.3 Å². The van der Waals surface area contributed by atoms with Crippen LogP contribution in [0.2, 0.25) is 0 Å². The highest BCUT2D eigenvalue weighted by Gasteiger charge is 2.49. The lowest BCUT2D eigenvalue weighted by molar-refractivity contribution is -0.0500. The molecular weight excluding hydrogens is 517 g/mol. The number of halogens is 3. The zero-order valence-electron chi connectivity index (χ0n) is 19.6. The van der Waals surface area contributed by atoms with Gasteiger partial charge in [-0.1, -0.05) is 91.0 Å². The summed E-state index contributed by atoms with van der Waals surface area (Å²) in [6, 6.07) is 30.0. The molecule has 0 aromatic heterocycles. The van der Waals surface area contributed by atoms with Crippen molar-refractivity contribution in [2.75, 3.05) is 0 Å². The molecule has 0 spiro atoms. The molecule has 0 atom stereocenters. The van der Waals surface area contributed by atoms with Gasteiger partial charge in [-0.25, -0.2) is 0 Å². The quantitative estimate of drug-likeness (QED) is 0.111. The summed E-state index contributed by atoms with van der Waals surface area (Å²) >= 11 is 0. The molecular formula is C29H19F3O5S. The van der Waals surface area contributed by atoms with Crippen LogP contribution >= 0.6 is 0 Å². The molecule has 4 aromatic rings. The average molecular weight is 537 g/mol. The molecule has 0 fully saturated rings. The number of hydrogen-bond donors (Lipinski definition) is 0. The van der Waals surface area contributed by atoms with Crippen molar-refractivity contribution in [3.05, 3.63) is 137 Å².